The van der Waals surface area contributed by atoms with Crippen LogP contribution in [0.15, 0.2) is 12.4 Å². The van der Waals surface area contributed by atoms with Crippen molar-refractivity contribution in [3.05, 3.63) is 18.0 Å². The number of carbonyl (C=O) groups excluding carboxylic acids is 1. The maximum absolute atomic E-state index is 12.4. The fraction of sp³-hybridized carbons (Fsp3) is 0.714. The fourth-order valence-corrected chi connectivity index (χ4v) is 3.02. The van der Waals surface area contributed by atoms with Gasteiger partial charge in [-0.05, 0) is 25.4 Å². The van der Waals surface area contributed by atoms with Crippen molar-refractivity contribution in [2.24, 2.45) is 12.8 Å². The maximum atomic E-state index is 12.4. The van der Waals surface area contributed by atoms with Crippen molar-refractivity contribution in [2.45, 2.75) is 25.0 Å². The lowest BCUT2D eigenvalue weighted by atomic mass is 9.96. The molecule has 0 bridgehead atoms. The van der Waals surface area contributed by atoms with Gasteiger partial charge in [0.2, 0.25) is 5.91 Å². The summed E-state index contributed by atoms with van der Waals surface area (Å²) < 4.78 is 7.66. The number of hydrogen-bond acceptors (Lipinski definition) is 5. The molecule has 2 rings (SSSR count). The van der Waals surface area contributed by atoms with E-state index in [2.05, 4.69) is 5.10 Å². The lowest BCUT2D eigenvalue weighted by Gasteiger charge is -2.40. The van der Waals surface area contributed by atoms with Crippen LogP contribution in [0.3, 0.4) is 0 Å². The van der Waals surface area contributed by atoms with E-state index >= 15 is 0 Å². The van der Waals surface area contributed by atoms with Crippen molar-refractivity contribution in [3.63, 3.8) is 0 Å². The van der Waals surface area contributed by atoms with Crippen LogP contribution in [0.25, 0.3) is 0 Å². The Morgan fingerprint density at radius 1 is 1.67 bits per heavy atom. The number of morpholine rings is 1. The van der Waals surface area contributed by atoms with E-state index in [9.17, 15) is 4.79 Å². The molecule has 0 aromatic carbocycles. The molecule has 6 nitrogen and oxygen atoms in total. The number of nitrogens with two attached hydrogens (primary N) is 1. The summed E-state index contributed by atoms with van der Waals surface area (Å²) >= 11 is 1.71. The Bertz CT molecular complexity index is 493. The molecule has 1 aromatic rings. The summed E-state index contributed by atoms with van der Waals surface area (Å²) in [6.07, 6.45) is 6.45. The number of aryl methyl sites for hydroxylation is 1. The highest BCUT2D eigenvalue weighted by Crippen LogP contribution is 2.29. The second-order valence-corrected chi connectivity index (χ2v) is 6.62. The molecule has 1 aliphatic rings. The summed E-state index contributed by atoms with van der Waals surface area (Å²) in [7, 11) is 1.87. The first kappa shape index (κ1) is 16.3. The lowest BCUT2D eigenvalue weighted by Crippen LogP contribution is -2.54. The minimum Gasteiger partial charge on any atom is -0.367 e. The van der Waals surface area contributed by atoms with E-state index in [1.807, 2.05) is 31.3 Å². The van der Waals surface area contributed by atoms with Gasteiger partial charge in [-0.25, -0.2) is 0 Å². The Kier molecular flexibility index (Phi) is 5.29. The van der Waals surface area contributed by atoms with Gasteiger partial charge < -0.3 is 15.4 Å². The molecule has 2 atom stereocenters. The van der Waals surface area contributed by atoms with Crippen molar-refractivity contribution in [1.82, 2.24) is 14.7 Å². The fourth-order valence-electron chi connectivity index (χ4n) is 2.53. The second-order valence-electron chi connectivity index (χ2n) is 5.63. The van der Waals surface area contributed by atoms with Crippen LogP contribution < -0.4 is 5.73 Å². The normalized spacial score (nSPS) is 24.1. The van der Waals surface area contributed by atoms with Gasteiger partial charge in [0.15, 0.2) is 0 Å². The Labute approximate surface area is 130 Å². The molecule has 1 saturated heterocycles. The predicted octanol–water partition coefficient (Wildman–Crippen LogP) is 0.575. The van der Waals surface area contributed by atoms with Gasteiger partial charge in [0.25, 0.3) is 0 Å². The first-order valence-corrected chi connectivity index (χ1v) is 8.52. The van der Waals surface area contributed by atoms with Crippen LogP contribution in [0.1, 0.15) is 18.9 Å². The molecule has 0 saturated carbocycles. The van der Waals surface area contributed by atoms with Crippen molar-refractivity contribution in [2.75, 3.05) is 31.7 Å². The molecule has 2 heterocycles. The van der Waals surface area contributed by atoms with Gasteiger partial charge in [-0.15, -0.1) is 0 Å². The number of hydrogen-bond donors (Lipinski definition) is 1. The highest BCUT2D eigenvalue weighted by atomic mass is 32.2. The maximum Gasteiger partial charge on any atom is 0.239 e. The SMILES string of the molecule is CSCC[C@H](N)C(=O)N1CCOC(C)(c2cnn(C)c2)C1. The Balaban J connectivity index is 2.04. The minimum absolute atomic E-state index is 0.0162. The average molecular weight is 312 g/mol. The summed E-state index contributed by atoms with van der Waals surface area (Å²) in [5, 5.41) is 4.19. The molecule has 0 aliphatic carbocycles. The standard InChI is InChI=1S/C14H24N4O2S/c1-14(11-8-16-17(2)9-11)10-18(5-6-20-14)13(19)12(15)4-7-21-3/h8-9,12H,4-7,10,15H2,1-3H3/t12-,14?/m0/s1. The minimum atomic E-state index is -0.513. The van der Waals surface area contributed by atoms with E-state index in [0.717, 1.165) is 11.3 Å². The molecule has 0 spiro atoms. The van der Waals surface area contributed by atoms with Gasteiger partial charge in [-0.2, -0.15) is 16.9 Å². The number of carbonyl (C=O) groups is 1. The molecule has 0 radical (unpaired) electrons. The van der Waals surface area contributed by atoms with Crippen molar-refractivity contribution in [3.8, 4) is 0 Å². The largest absolute Gasteiger partial charge is 0.367 e. The van der Waals surface area contributed by atoms with Gasteiger partial charge in [-0.1, -0.05) is 0 Å². The molecule has 7 heteroatoms. The Hall–Kier alpha value is -1.05. The van der Waals surface area contributed by atoms with Gasteiger partial charge in [0, 0.05) is 25.4 Å². The van der Waals surface area contributed by atoms with E-state index in [1.165, 1.54) is 0 Å². The zero-order valence-corrected chi connectivity index (χ0v) is 13.7. The third-order valence-electron chi connectivity index (χ3n) is 3.85. The van der Waals surface area contributed by atoms with Crippen LogP contribution in [-0.4, -0.2) is 58.3 Å². The lowest BCUT2D eigenvalue weighted by molar-refractivity contribution is -0.151. The van der Waals surface area contributed by atoms with E-state index in [0.29, 0.717) is 26.1 Å². The summed E-state index contributed by atoms with van der Waals surface area (Å²) in [4.78, 5) is 14.3. The van der Waals surface area contributed by atoms with Gasteiger partial charge in [0.05, 0.1) is 25.4 Å². The number of ether oxygens (including phenoxy) is 1. The smallest absolute Gasteiger partial charge is 0.239 e. The van der Waals surface area contributed by atoms with Crippen LogP contribution in [0, 0.1) is 0 Å². The van der Waals surface area contributed by atoms with Crippen LogP contribution in [0.4, 0.5) is 0 Å². The third-order valence-corrected chi connectivity index (χ3v) is 4.50. The van der Waals surface area contributed by atoms with E-state index in [1.54, 1.807) is 22.6 Å². The van der Waals surface area contributed by atoms with Crippen molar-refractivity contribution >= 4 is 17.7 Å². The topological polar surface area (TPSA) is 73.4 Å². The number of aromatic nitrogens is 2. The van der Waals surface area contributed by atoms with E-state index < -0.39 is 11.6 Å². The highest BCUT2D eigenvalue weighted by molar-refractivity contribution is 7.98. The Morgan fingerprint density at radius 3 is 3.05 bits per heavy atom. The molecule has 1 unspecified atom stereocenters. The van der Waals surface area contributed by atoms with Gasteiger partial charge >= 0.3 is 0 Å². The quantitative estimate of drug-likeness (QED) is 0.861. The van der Waals surface area contributed by atoms with E-state index in [4.69, 9.17) is 10.5 Å². The van der Waals surface area contributed by atoms with Crippen molar-refractivity contribution in [1.29, 1.82) is 0 Å². The summed E-state index contributed by atoms with van der Waals surface area (Å²) in [6.45, 7) is 3.63. The molecule has 1 aliphatic heterocycles. The summed E-state index contributed by atoms with van der Waals surface area (Å²) in [5.41, 5.74) is 6.48. The molecular weight excluding hydrogens is 288 g/mol. The number of amides is 1. The molecule has 21 heavy (non-hydrogen) atoms. The first-order chi connectivity index (χ1) is 9.96. The predicted molar refractivity (Wildman–Crippen MR) is 84.1 cm³/mol. The molecular formula is C14H24N4O2S. The number of thioether (sulfide) groups is 1. The number of nitrogens with zero attached hydrogens (tertiary/aromatic N) is 3. The molecule has 118 valence electrons. The van der Waals surface area contributed by atoms with Gasteiger partial charge in [0.1, 0.15) is 5.60 Å². The molecule has 1 fully saturated rings. The first-order valence-electron chi connectivity index (χ1n) is 7.12. The van der Waals surface area contributed by atoms with Crippen molar-refractivity contribution < 1.29 is 9.53 Å². The Morgan fingerprint density at radius 2 is 2.43 bits per heavy atom. The zero-order chi connectivity index (χ0) is 15.5. The zero-order valence-electron chi connectivity index (χ0n) is 12.9. The number of rotatable bonds is 5. The molecule has 2 N–H and O–H groups in total. The summed E-state index contributed by atoms with van der Waals surface area (Å²) in [5.74, 6) is 0.916. The monoisotopic (exact) mass is 312 g/mol. The molecule has 1 amide bonds. The average Bonchev–Trinajstić information content (AvgIpc) is 2.91. The second kappa shape index (κ2) is 6.81. The van der Waals surface area contributed by atoms with Crippen LogP contribution in [-0.2, 0) is 22.2 Å². The summed E-state index contributed by atoms with van der Waals surface area (Å²) in [6, 6.07) is -0.423. The van der Waals surface area contributed by atoms with E-state index in [-0.39, 0.29) is 5.91 Å². The highest BCUT2D eigenvalue weighted by Gasteiger charge is 2.37. The molecule has 1 aromatic heterocycles. The van der Waals surface area contributed by atoms with Gasteiger partial charge in [-0.3, -0.25) is 9.48 Å². The third kappa shape index (κ3) is 3.78. The van der Waals surface area contributed by atoms with Crippen LogP contribution >= 0.6 is 11.8 Å². The van der Waals surface area contributed by atoms with Crippen LogP contribution in [0.2, 0.25) is 0 Å². The van der Waals surface area contributed by atoms with Crippen LogP contribution in [0.5, 0.6) is 0 Å².